The van der Waals surface area contributed by atoms with Gasteiger partial charge in [0.1, 0.15) is 0 Å². The van der Waals surface area contributed by atoms with Crippen molar-refractivity contribution in [1.29, 1.82) is 0 Å². The highest BCUT2D eigenvalue weighted by Crippen LogP contribution is 2.25. The van der Waals surface area contributed by atoms with Crippen LogP contribution >= 0.6 is 11.3 Å². The zero-order chi connectivity index (χ0) is 15.1. The van der Waals surface area contributed by atoms with Crippen molar-refractivity contribution in [3.63, 3.8) is 0 Å². The number of hydrogen-bond acceptors (Lipinski definition) is 5. The van der Waals surface area contributed by atoms with E-state index in [-0.39, 0.29) is 4.96 Å². The quantitative estimate of drug-likeness (QED) is 0.804. The highest BCUT2D eigenvalue weighted by Gasteiger charge is 2.42. The van der Waals surface area contributed by atoms with Crippen molar-refractivity contribution in [3.8, 4) is 0 Å². The zero-order valence-corrected chi connectivity index (χ0v) is 11.2. The summed E-state index contributed by atoms with van der Waals surface area (Å²) in [6.07, 6.45) is -2.66. The van der Waals surface area contributed by atoms with Crippen LogP contribution in [-0.4, -0.2) is 36.7 Å². The number of imidazole rings is 1. The summed E-state index contributed by atoms with van der Waals surface area (Å²) in [4.78, 5) is 3.96. The van der Waals surface area contributed by atoms with Crippen LogP contribution in [0.1, 0.15) is 0 Å². The molecule has 0 saturated carbocycles. The second-order valence-corrected chi connectivity index (χ2v) is 6.30. The van der Waals surface area contributed by atoms with Crippen LogP contribution in [0.15, 0.2) is 16.6 Å². The molecule has 0 amide bonds. The molecule has 2 rings (SSSR count). The number of nitrogens with zero attached hydrogens (tertiary/aromatic N) is 2. The third kappa shape index (κ3) is 2.58. The molecule has 112 valence electrons. The first-order valence-corrected chi connectivity index (χ1v) is 7.38. The lowest BCUT2D eigenvalue weighted by Gasteiger charge is -2.15. The Kier molecular flexibility index (Phi) is 3.64. The van der Waals surface area contributed by atoms with Gasteiger partial charge in [0.2, 0.25) is 0 Å². The predicted molar refractivity (Wildman–Crippen MR) is 63.6 cm³/mol. The molecule has 0 aliphatic heterocycles. The lowest BCUT2D eigenvalue weighted by molar-refractivity contribution is -0.122. The van der Waals surface area contributed by atoms with E-state index < -0.39 is 39.8 Å². The monoisotopic (exact) mass is 332 g/mol. The summed E-state index contributed by atoms with van der Waals surface area (Å²) in [7, 11) is -4.49. The fourth-order valence-electron chi connectivity index (χ4n) is 1.39. The van der Waals surface area contributed by atoms with E-state index in [9.17, 15) is 26.0 Å². The number of aromatic nitrogens is 2. The number of nitrogen functional groups attached to an aromatic ring is 1. The molecule has 0 atom stereocenters. The van der Waals surface area contributed by atoms with Gasteiger partial charge in [-0.25, -0.2) is 26.9 Å². The van der Waals surface area contributed by atoms with Crippen LogP contribution in [0.4, 0.5) is 23.4 Å². The fraction of sp³-hybridized carbons (Fsp3) is 0.375. The molecule has 0 aromatic carbocycles. The summed E-state index contributed by atoms with van der Waals surface area (Å²) < 4.78 is 75.7. The largest absolute Gasteiger partial charge is 0.381 e. The average molecular weight is 332 g/mol. The van der Waals surface area contributed by atoms with Gasteiger partial charge >= 0.3 is 12.3 Å². The van der Waals surface area contributed by atoms with Crippen molar-refractivity contribution in [1.82, 2.24) is 14.1 Å². The highest BCUT2D eigenvalue weighted by atomic mass is 32.2. The smallest absolute Gasteiger partial charge is 0.320 e. The first kappa shape index (κ1) is 15.0. The van der Waals surface area contributed by atoms with Gasteiger partial charge in [0, 0.05) is 11.6 Å². The van der Waals surface area contributed by atoms with E-state index in [2.05, 4.69) is 4.98 Å². The average Bonchev–Trinajstić information content (AvgIpc) is 2.85. The third-order valence-corrected chi connectivity index (χ3v) is 4.51. The van der Waals surface area contributed by atoms with Crippen molar-refractivity contribution in [2.24, 2.45) is 0 Å². The molecule has 2 aromatic rings. The van der Waals surface area contributed by atoms with Gasteiger partial charge in [-0.05, 0) is 0 Å². The van der Waals surface area contributed by atoms with E-state index in [0.29, 0.717) is 0 Å². The number of alkyl halides is 4. The lowest BCUT2D eigenvalue weighted by Crippen LogP contribution is -2.41. The Morgan fingerprint density at radius 2 is 2.15 bits per heavy atom. The van der Waals surface area contributed by atoms with Crippen LogP contribution < -0.4 is 10.5 Å². The Hall–Kier alpha value is -1.40. The first-order chi connectivity index (χ1) is 9.15. The number of nitrogens with two attached hydrogens (primary N) is 1. The number of rotatable bonds is 5. The number of thiazole rings is 1. The normalized spacial score (nSPS) is 13.4. The summed E-state index contributed by atoms with van der Waals surface area (Å²) in [6.45, 7) is -1.73. The van der Waals surface area contributed by atoms with E-state index in [1.54, 1.807) is 0 Å². The number of fused-ring (bicyclic) bond motifs is 1. The summed E-state index contributed by atoms with van der Waals surface area (Å²) in [5.74, 6) is -4.87. The van der Waals surface area contributed by atoms with Gasteiger partial charge in [0.05, 0.1) is 6.54 Å². The van der Waals surface area contributed by atoms with Gasteiger partial charge < -0.3 is 5.73 Å². The van der Waals surface area contributed by atoms with E-state index >= 15 is 0 Å². The molecule has 0 bridgehead atoms. The van der Waals surface area contributed by atoms with Crippen molar-refractivity contribution in [3.05, 3.63) is 11.6 Å². The standard InChI is InChI=1S/C8H8F4N4O2S2/c9-6(10)8(11,12)3-14-20(17,18)5-4(13)15-7-16(5)1-2-19-7/h1-2,6,14H,3,13H2. The molecule has 0 aliphatic rings. The third-order valence-electron chi connectivity index (χ3n) is 2.32. The van der Waals surface area contributed by atoms with Crippen molar-refractivity contribution >= 4 is 32.1 Å². The number of nitrogens with one attached hydrogen (secondary N) is 1. The maximum absolute atomic E-state index is 12.7. The molecule has 2 heterocycles. The van der Waals surface area contributed by atoms with Gasteiger partial charge in [-0.1, -0.05) is 0 Å². The second-order valence-electron chi connectivity index (χ2n) is 3.74. The Labute approximate surface area is 114 Å². The minimum atomic E-state index is -4.49. The molecule has 0 aliphatic carbocycles. The Balaban J connectivity index is 2.32. The van der Waals surface area contributed by atoms with Gasteiger partial charge in [-0.15, -0.1) is 11.3 Å². The van der Waals surface area contributed by atoms with E-state index in [4.69, 9.17) is 5.73 Å². The summed E-state index contributed by atoms with van der Waals surface area (Å²) in [5, 5.41) is 0.952. The van der Waals surface area contributed by atoms with Crippen molar-refractivity contribution in [2.45, 2.75) is 17.4 Å². The molecular weight excluding hydrogens is 324 g/mol. The summed E-state index contributed by atoms with van der Waals surface area (Å²) in [6, 6.07) is 0. The second kappa shape index (κ2) is 4.86. The number of hydrogen-bond donors (Lipinski definition) is 2. The van der Waals surface area contributed by atoms with Crippen LogP contribution in [0.5, 0.6) is 0 Å². The molecule has 2 aromatic heterocycles. The topological polar surface area (TPSA) is 89.5 Å². The lowest BCUT2D eigenvalue weighted by atomic mass is 10.4. The van der Waals surface area contributed by atoms with Crippen LogP contribution in [-0.2, 0) is 10.0 Å². The number of halogens is 4. The summed E-state index contributed by atoms with van der Waals surface area (Å²) >= 11 is 1.08. The molecule has 3 N–H and O–H groups in total. The van der Waals surface area contributed by atoms with Crippen LogP contribution in [0.3, 0.4) is 0 Å². The molecule has 6 nitrogen and oxygen atoms in total. The molecular formula is C8H8F4N4O2S2. The Bertz CT molecular complexity index is 724. The SMILES string of the molecule is Nc1nc2sccn2c1S(=O)(=O)NCC(F)(F)C(F)F. The van der Waals surface area contributed by atoms with Crippen LogP contribution in [0, 0.1) is 0 Å². The van der Waals surface area contributed by atoms with Crippen molar-refractivity contribution in [2.75, 3.05) is 12.3 Å². The summed E-state index contributed by atoms with van der Waals surface area (Å²) in [5.41, 5.74) is 5.40. The van der Waals surface area contributed by atoms with Crippen LogP contribution in [0.2, 0.25) is 0 Å². The molecule has 0 unspecified atom stereocenters. The van der Waals surface area contributed by atoms with Crippen molar-refractivity contribution < 1.29 is 26.0 Å². The van der Waals surface area contributed by atoms with E-state index in [0.717, 1.165) is 15.7 Å². The Morgan fingerprint density at radius 1 is 1.50 bits per heavy atom. The predicted octanol–water partition coefficient (Wildman–Crippen LogP) is 1.16. The fourth-order valence-corrected chi connectivity index (χ4v) is 3.41. The molecule has 0 spiro atoms. The first-order valence-electron chi connectivity index (χ1n) is 5.02. The molecule has 0 saturated heterocycles. The number of anilines is 1. The van der Waals surface area contributed by atoms with Gasteiger partial charge in [-0.2, -0.15) is 8.78 Å². The minimum Gasteiger partial charge on any atom is -0.381 e. The molecule has 0 radical (unpaired) electrons. The molecule has 0 fully saturated rings. The molecule has 12 heteroatoms. The maximum Gasteiger partial charge on any atom is 0.320 e. The zero-order valence-electron chi connectivity index (χ0n) is 9.56. The van der Waals surface area contributed by atoms with E-state index in [1.807, 2.05) is 0 Å². The van der Waals surface area contributed by atoms with Gasteiger partial charge in [-0.3, -0.25) is 4.40 Å². The van der Waals surface area contributed by atoms with E-state index in [1.165, 1.54) is 16.3 Å². The maximum atomic E-state index is 12.7. The molecule has 20 heavy (non-hydrogen) atoms. The van der Waals surface area contributed by atoms with Gasteiger partial charge in [0.15, 0.2) is 15.8 Å². The number of sulfonamides is 1. The van der Waals surface area contributed by atoms with Crippen LogP contribution in [0.25, 0.3) is 4.96 Å². The highest BCUT2D eigenvalue weighted by molar-refractivity contribution is 7.89. The minimum absolute atomic E-state index is 0.239. The van der Waals surface area contributed by atoms with Gasteiger partial charge in [0.25, 0.3) is 10.0 Å². The Morgan fingerprint density at radius 3 is 2.75 bits per heavy atom.